The summed E-state index contributed by atoms with van der Waals surface area (Å²) in [5.74, 6) is -1.65. The maximum absolute atomic E-state index is 13.2. The van der Waals surface area contributed by atoms with Crippen LogP contribution in [0.15, 0.2) is 59.5 Å². The van der Waals surface area contributed by atoms with Crippen molar-refractivity contribution in [2.75, 3.05) is 18.4 Å². The number of rotatable bonds is 4. The van der Waals surface area contributed by atoms with Crippen molar-refractivity contribution in [1.82, 2.24) is 9.88 Å². The minimum atomic E-state index is -5.07. The number of halogens is 6. The van der Waals surface area contributed by atoms with Crippen molar-refractivity contribution < 1.29 is 40.3 Å². The van der Waals surface area contributed by atoms with Gasteiger partial charge < -0.3 is 14.6 Å². The molecule has 2 heterocycles. The monoisotopic (exact) mass is 511 g/mol. The van der Waals surface area contributed by atoms with Crippen molar-refractivity contribution in [3.63, 3.8) is 0 Å². The second-order valence-corrected chi connectivity index (χ2v) is 8.32. The molecule has 0 bridgehead atoms. The first-order chi connectivity index (χ1) is 16.9. The fourth-order valence-corrected chi connectivity index (χ4v) is 3.99. The molecule has 1 aromatic heterocycles. The Balaban J connectivity index is 1.50. The van der Waals surface area contributed by atoms with Gasteiger partial charge in [-0.05, 0) is 43.2 Å². The molecule has 2 amide bonds. The highest BCUT2D eigenvalue weighted by atomic mass is 19.4. The quantitative estimate of drug-likeness (QED) is 0.445. The summed E-state index contributed by atoms with van der Waals surface area (Å²) in [5, 5.41) is 2.73. The van der Waals surface area contributed by atoms with Crippen molar-refractivity contribution in [2.24, 2.45) is 5.92 Å². The number of amides is 2. The molecule has 0 saturated carbocycles. The number of aromatic nitrogens is 1. The highest BCUT2D eigenvalue weighted by Crippen LogP contribution is 2.37. The minimum absolute atomic E-state index is 0.0316. The van der Waals surface area contributed by atoms with Gasteiger partial charge in [-0.25, -0.2) is 4.98 Å². The molecule has 0 spiro atoms. The average molecular weight is 511 g/mol. The molecule has 3 aromatic rings. The van der Waals surface area contributed by atoms with E-state index in [0.29, 0.717) is 42.0 Å². The number of hydrogen-bond acceptors (Lipinski definition) is 4. The van der Waals surface area contributed by atoms with E-state index in [4.69, 9.17) is 4.42 Å². The molecule has 12 heteroatoms. The summed E-state index contributed by atoms with van der Waals surface area (Å²) < 4.78 is 84.3. The lowest BCUT2D eigenvalue weighted by Gasteiger charge is -2.32. The smallest absolute Gasteiger partial charge is 0.416 e. The molecule has 1 aliphatic rings. The second kappa shape index (κ2) is 9.67. The third-order valence-corrected chi connectivity index (χ3v) is 5.76. The Labute approximate surface area is 200 Å². The zero-order valence-corrected chi connectivity index (χ0v) is 18.5. The Hall–Kier alpha value is -3.83. The van der Waals surface area contributed by atoms with Crippen LogP contribution >= 0.6 is 0 Å². The minimum Gasteiger partial charge on any atom is -0.444 e. The molecule has 1 fully saturated rings. The van der Waals surface area contributed by atoms with Crippen molar-refractivity contribution >= 4 is 17.5 Å². The first-order valence-corrected chi connectivity index (χ1v) is 10.8. The first-order valence-electron chi connectivity index (χ1n) is 10.8. The van der Waals surface area contributed by atoms with Crippen LogP contribution in [-0.2, 0) is 17.1 Å². The number of nitrogens with one attached hydrogen (secondary N) is 1. The summed E-state index contributed by atoms with van der Waals surface area (Å²) in [7, 11) is 0. The van der Waals surface area contributed by atoms with Gasteiger partial charge in [0.1, 0.15) is 0 Å². The Bertz CT molecular complexity index is 1220. The molecule has 1 aliphatic heterocycles. The van der Waals surface area contributed by atoms with Crippen molar-refractivity contribution in [1.29, 1.82) is 0 Å². The number of anilines is 1. The Morgan fingerprint density at radius 3 is 2.31 bits per heavy atom. The lowest BCUT2D eigenvalue weighted by Crippen LogP contribution is -2.43. The second-order valence-electron chi connectivity index (χ2n) is 8.32. The van der Waals surface area contributed by atoms with E-state index < -0.39 is 46.8 Å². The van der Waals surface area contributed by atoms with Crippen LogP contribution in [0.1, 0.15) is 34.3 Å². The number of carbonyl (C=O) groups is 2. The van der Waals surface area contributed by atoms with Gasteiger partial charge in [-0.15, -0.1) is 0 Å². The zero-order valence-electron chi connectivity index (χ0n) is 18.5. The zero-order chi connectivity index (χ0) is 26.1. The average Bonchev–Trinajstić information content (AvgIpc) is 3.38. The van der Waals surface area contributed by atoms with Crippen LogP contribution in [0.3, 0.4) is 0 Å². The third-order valence-electron chi connectivity index (χ3n) is 5.76. The molecular weight excluding hydrogens is 492 g/mol. The van der Waals surface area contributed by atoms with Gasteiger partial charge in [0.2, 0.25) is 5.91 Å². The number of oxazole rings is 1. The van der Waals surface area contributed by atoms with E-state index in [-0.39, 0.29) is 19.2 Å². The van der Waals surface area contributed by atoms with E-state index in [0.717, 1.165) is 4.90 Å². The Kier molecular flexibility index (Phi) is 6.79. The molecule has 2 aromatic carbocycles. The molecule has 190 valence electrons. The topological polar surface area (TPSA) is 75.4 Å². The maximum atomic E-state index is 13.2. The first kappa shape index (κ1) is 25.3. The molecule has 1 unspecified atom stereocenters. The van der Waals surface area contributed by atoms with Gasteiger partial charge in [0.05, 0.1) is 23.2 Å². The number of nitrogens with zero attached hydrogens (tertiary/aromatic N) is 2. The van der Waals surface area contributed by atoms with Gasteiger partial charge >= 0.3 is 12.4 Å². The van der Waals surface area contributed by atoms with Crippen molar-refractivity contribution in [3.8, 4) is 11.3 Å². The lowest BCUT2D eigenvalue weighted by molar-refractivity contribution is -0.143. The molecule has 1 N–H and O–H groups in total. The molecule has 36 heavy (non-hydrogen) atoms. The fourth-order valence-electron chi connectivity index (χ4n) is 3.99. The molecule has 1 atom stereocenters. The summed E-state index contributed by atoms with van der Waals surface area (Å²) in [6, 6.07) is 7.51. The number of benzene rings is 2. The number of hydrogen-bond donors (Lipinski definition) is 1. The summed E-state index contributed by atoms with van der Waals surface area (Å²) in [5.41, 5.74) is -2.77. The number of carbonyl (C=O) groups excluding carboxylic acids is 2. The highest BCUT2D eigenvalue weighted by molar-refractivity contribution is 5.97. The molecule has 1 saturated heterocycles. The van der Waals surface area contributed by atoms with E-state index in [1.807, 2.05) is 0 Å². The molecular formula is C24H19F6N3O3. The molecule has 4 rings (SSSR count). The Morgan fingerprint density at radius 1 is 1.00 bits per heavy atom. The van der Waals surface area contributed by atoms with Crippen LogP contribution in [0.5, 0.6) is 0 Å². The van der Waals surface area contributed by atoms with Crippen LogP contribution in [0.4, 0.5) is 32.0 Å². The van der Waals surface area contributed by atoms with Gasteiger partial charge in [0.25, 0.3) is 5.91 Å². The standard InChI is InChI=1S/C24H19F6N3O3/c25-23(26,27)17-7-16(8-18(10-17)24(28,29)30)22(35)33-6-2-4-15(12-33)21(34)32-19-5-1-3-14(9-19)20-11-31-13-36-20/h1,3,5,7-11,13,15H,2,4,6,12H2,(H,32,34). The van der Waals surface area contributed by atoms with Crippen LogP contribution in [0.2, 0.25) is 0 Å². The number of likely N-dealkylation sites (tertiary alicyclic amines) is 1. The van der Waals surface area contributed by atoms with Gasteiger partial charge in [-0.1, -0.05) is 12.1 Å². The third kappa shape index (κ3) is 5.69. The van der Waals surface area contributed by atoms with Gasteiger partial charge in [0.15, 0.2) is 12.2 Å². The predicted molar refractivity (Wildman–Crippen MR) is 116 cm³/mol. The summed E-state index contributed by atoms with van der Waals surface area (Å²) in [4.78, 5) is 30.7. The number of alkyl halides is 6. The fraction of sp³-hybridized carbons (Fsp3) is 0.292. The highest BCUT2D eigenvalue weighted by Gasteiger charge is 2.38. The van der Waals surface area contributed by atoms with E-state index in [9.17, 15) is 35.9 Å². The largest absolute Gasteiger partial charge is 0.444 e. The van der Waals surface area contributed by atoms with Crippen molar-refractivity contribution in [2.45, 2.75) is 25.2 Å². The van der Waals surface area contributed by atoms with Crippen LogP contribution in [-0.4, -0.2) is 34.8 Å². The number of piperidine rings is 1. The van der Waals surface area contributed by atoms with E-state index in [1.165, 1.54) is 12.6 Å². The summed E-state index contributed by atoms with van der Waals surface area (Å²) in [6.45, 7) is -0.0504. The lowest BCUT2D eigenvalue weighted by atomic mass is 9.95. The normalized spacial score (nSPS) is 16.6. The van der Waals surface area contributed by atoms with E-state index in [2.05, 4.69) is 10.3 Å². The summed E-state index contributed by atoms with van der Waals surface area (Å²) >= 11 is 0. The van der Waals surface area contributed by atoms with Crippen LogP contribution < -0.4 is 5.32 Å². The summed E-state index contributed by atoms with van der Waals surface area (Å²) in [6.07, 6.45) is -6.62. The van der Waals surface area contributed by atoms with E-state index in [1.54, 1.807) is 24.3 Å². The SMILES string of the molecule is O=C(Nc1cccc(-c2cnco2)c1)C1CCCN(C(=O)c2cc(C(F)(F)F)cc(C(F)(F)F)c2)C1. The predicted octanol–water partition coefficient (Wildman–Crippen LogP) is 5.87. The molecule has 0 aliphatic carbocycles. The molecule has 6 nitrogen and oxygen atoms in total. The molecule has 0 radical (unpaired) electrons. The van der Waals surface area contributed by atoms with Gasteiger partial charge in [-0.2, -0.15) is 26.3 Å². The van der Waals surface area contributed by atoms with Crippen LogP contribution in [0.25, 0.3) is 11.3 Å². The Morgan fingerprint density at radius 2 is 1.69 bits per heavy atom. The van der Waals surface area contributed by atoms with Gasteiger partial charge in [-0.3, -0.25) is 9.59 Å². The van der Waals surface area contributed by atoms with Gasteiger partial charge in [0, 0.05) is 29.9 Å². The van der Waals surface area contributed by atoms with Crippen molar-refractivity contribution in [3.05, 3.63) is 71.7 Å². The van der Waals surface area contributed by atoms with Crippen LogP contribution in [0, 0.1) is 5.92 Å². The van der Waals surface area contributed by atoms with E-state index >= 15 is 0 Å². The maximum Gasteiger partial charge on any atom is 0.416 e.